The van der Waals surface area contributed by atoms with Gasteiger partial charge in [-0.25, -0.2) is 0 Å². The molecule has 2 aromatic carbocycles. The fourth-order valence-corrected chi connectivity index (χ4v) is 2.42. The Bertz CT molecular complexity index is 700. The lowest BCUT2D eigenvalue weighted by Gasteiger charge is -2.15. The molecule has 0 aliphatic rings. The van der Waals surface area contributed by atoms with Crippen LogP contribution in [0.4, 0.5) is 0 Å². The third kappa shape index (κ3) is 5.13. The van der Waals surface area contributed by atoms with E-state index in [0.29, 0.717) is 25.0 Å². The number of nitriles is 1. The van der Waals surface area contributed by atoms with Crippen LogP contribution in [0.5, 0.6) is 5.75 Å². The normalized spacial score (nSPS) is 11.4. The number of benzene rings is 2. The van der Waals surface area contributed by atoms with Crippen LogP contribution in [0.1, 0.15) is 43.0 Å². The first-order valence-electron chi connectivity index (χ1n) is 8.13. The van der Waals surface area contributed by atoms with Crippen LogP contribution in [-0.4, -0.2) is 12.5 Å². The third-order valence-electron chi connectivity index (χ3n) is 3.79. The van der Waals surface area contributed by atoms with Crippen molar-refractivity contribution in [2.45, 2.75) is 32.7 Å². The van der Waals surface area contributed by atoms with Crippen LogP contribution in [0.25, 0.3) is 0 Å². The summed E-state index contributed by atoms with van der Waals surface area (Å²) in [6.45, 7) is 4.56. The minimum absolute atomic E-state index is 0.0146. The van der Waals surface area contributed by atoms with Crippen molar-refractivity contribution in [3.05, 3.63) is 65.2 Å². The van der Waals surface area contributed by atoms with Gasteiger partial charge in [0.1, 0.15) is 5.75 Å². The summed E-state index contributed by atoms with van der Waals surface area (Å²) in [6.07, 6.45) is 1.08. The number of carbonyl (C=O) groups is 1. The van der Waals surface area contributed by atoms with E-state index in [1.165, 1.54) is 0 Å². The highest BCUT2D eigenvalue weighted by Crippen LogP contribution is 2.18. The van der Waals surface area contributed by atoms with Crippen LogP contribution in [0, 0.1) is 11.3 Å². The van der Waals surface area contributed by atoms with Crippen LogP contribution in [-0.2, 0) is 11.2 Å². The summed E-state index contributed by atoms with van der Waals surface area (Å²) >= 11 is 0. The summed E-state index contributed by atoms with van der Waals surface area (Å²) in [5, 5.41) is 11.8. The van der Waals surface area contributed by atoms with E-state index in [4.69, 9.17) is 10.00 Å². The van der Waals surface area contributed by atoms with Crippen molar-refractivity contribution in [2.75, 3.05) is 6.61 Å². The Morgan fingerprint density at radius 3 is 2.42 bits per heavy atom. The van der Waals surface area contributed by atoms with Crippen molar-refractivity contribution in [3.63, 3.8) is 0 Å². The predicted octanol–water partition coefficient (Wildman–Crippen LogP) is 3.77. The number of aryl methyl sites for hydroxylation is 1. The van der Waals surface area contributed by atoms with Gasteiger partial charge in [-0.2, -0.15) is 5.26 Å². The number of hydrogen-bond acceptors (Lipinski definition) is 3. The van der Waals surface area contributed by atoms with Crippen molar-refractivity contribution in [3.8, 4) is 11.8 Å². The molecule has 24 heavy (non-hydrogen) atoms. The zero-order valence-corrected chi connectivity index (χ0v) is 14.1. The first kappa shape index (κ1) is 17.6. The number of nitrogens with one attached hydrogen (secondary N) is 1. The lowest BCUT2D eigenvalue weighted by atomic mass is 10.1. The molecule has 4 nitrogen and oxygen atoms in total. The Morgan fingerprint density at radius 2 is 1.83 bits per heavy atom. The summed E-state index contributed by atoms with van der Waals surface area (Å²) < 4.78 is 5.42. The second-order valence-corrected chi connectivity index (χ2v) is 5.60. The highest BCUT2D eigenvalue weighted by Gasteiger charge is 2.10. The van der Waals surface area contributed by atoms with Crippen LogP contribution in [0.2, 0.25) is 0 Å². The van der Waals surface area contributed by atoms with Gasteiger partial charge in [-0.15, -0.1) is 0 Å². The fourth-order valence-electron chi connectivity index (χ4n) is 2.42. The molecular formula is C20H22N2O2. The fraction of sp³-hybridized carbons (Fsp3) is 0.300. The maximum Gasteiger partial charge on any atom is 0.220 e. The maximum atomic E-state index is 12.1. The Hall–Kier alpha value is -2.80. The minimum Gasteiger partial charge on any atom is -0.494 e. The van der Waals surface area contributed by atoms with E-state index in [2.05, 4.69) is 11.4 Å². The lowest BCUT2D eigenvalue weighted by Crippen LogP contribution is -2.26. The molecular weight excluding hydrogens is 300 g/mol. The largest absolute Gasteiger partial charge is 0.494 e. The van der Waals surface area contributed by atoms with Gasteiger partial charge in [-0.3, -0.25) is 4.79 Å². The van der Waals surface area contributed by atoms with Crippen LogP contribution in [0.15, 0.2) is 48.5 Å². The Kier molecular flexibility index (Phi) is 6.39. The maximum absolute atomic E-state index is 12.1. The number of carbonyl (C=O) groups excluding carboxylic acids is 1. The standard InChI is InChI=1S/C20H22N2O2/c1-3-24-19-11-9-18(10-12-19)15(2)22-20(23)13-8-16-4-6-17(14-21)7-5-16/h4-7,9-12,15H,3,8,13H2,1-2H3,(H,22,23). The van der Waals surface area contributed by atoms with Gasteiger partial charge in [-0.1, -0.05) is 24.3 Å². The summed E-state index contributed by atoms with van der Waals surface area (Å²) in [5.41, 5.74) is 2.73. The summed E-state index contributed by atoms with van der Waals surface area (Å²) in [6, 6.07) is 17.1. The molecule has 0 saturated heterocycles. The molecule has 0 spiro atoms. The van der Waals surface area contributed by atoms with Crippen molar-refractivity contribution in [1.29, 1.82) is 5.26 Å². The van der Waals surface area contributed by atoms with Crippen molar-refractivity contribution in [2.24, 2.45) is 0 Å². The molecule has 1 unspecified atom stereocenters. The summed E-state index contributed by atoms with van der Waals surface area (Å²) in [7, 11) is 0. The van der Waals surface area contributed by atoms with Crippen LogP contribution < -0.4 is 10.1 Å². The lowest BCUT2D eigenvalue weighted by molar-refractivity contribution is -0.121. The predicted molar refractivity (Wildman–Crippen MR) is 93.6 cm³/mol. The molecule has 0 radical (unpaired) electrons. The van der Waals surface area contributed by atoms with E-state index < -0.39 is 0 Å². The van der Waals surface area contributed by atoms with Gasteiger partial charge in [0.25, 0.3) is 0 Å². The van der Waals surface area contributed by atoms with E-state index in [9.17, 15) is 4.79 Å². The Morgan fingerprint density at radius 1 is 1.17 bits per heavy atom. The molecule has 2 aromatic rings. The highest BCUT2D eigenvalue weighted by molar-refractivity contribution is 5.76. The van der Waals surface area contributed by atoms with Gasteiger partial charge in [0.15, 0.2) is 0 Å². The van der Waals surface area contributed by atoms with E-state index in [-0.39, 0.29) is 11.9 Å². The Balaban J connectivity index is 1.83. The van der Waals surface area contributed by atoms with E-state index >= 15 is 0 Å². The highest BCUT2D eigenvalue weighted by atomic mass is 16.5. The molecule has 1 N–H and O–H groups in total. The van der Waals surface area contributed by atoms with Gasteiger partial charge in [0, 0.05) is 6.42 Å². The first-order chi connectivity index (χ1) is 11.6. The molecule has 0 aliphatic carbocycles. The summed E-state index contributed by atoms with van der Waals surface area (Å²) in [5.74, 6) is 0.848. The smallest absolute Gasteiger partial charge is 0.220 e. The molecule has 4 heteroatoms. The number of nitrogens with zero attached hydrogens (tertiary/aromatic N) is 1. The molecule has 1 amide bonds. The molecule has 0 aliphatic heterocycles. The quantitative estimate of drug-likeness (QED) is 0.844. The first-order valence-corrected chi connectivity index (χ1v) is 8.13. The molecule has 124 valence electrons. The van der Waals surface area contributed by atoms with Crippen molar-refractivity contribution >= 4 is 5.91 Å². The van der Waals surface area contributed by atoms with Gasteiger partial charge in [-0.05, 0) is 55.7 Å². The van der Waals surface area contributed by atoms with Crippen molar-refractivity contribution < 1.29 is 9.53 Å². The number of ether oxygens (including phenoxy) is 1. The van der Waals surface area contributed by atoms with Crippen LogP contribution >= 0.6 is 0 Å². The van der Waals surface area contributed by atoms with E-state index in [1.807, 2.05) is 50.2 Å². The molecule has 0 heterocycles. The topological polar surface area (TPSA) is 62.1 Å². The third-order valence-corrected chi connectivity index (χ3v) is 3.79. The van der Waals surface area contributed by atoms with Crippen LogP contribution in [0.3, 0.4) is 0 Å². The second-order valence-electron chi connectivity index (χ2n) is 5.60. The minimum atomic E-state index is -0.0471. The second kappa shape index (κ2) is 8.73. The molecule has 2 rings (SSSR count). The molecule has 0 fully saturated rings. The number of amides is 1. The molecule has 0 saturated carbocycles. The summed E-state index contributed by atoms with van der Waals surface area (Å²) in [4.78, 5) is 12.1. The zero-order chi connectivity index (χ0) is 17.4. The average Bonchev–Trinajstić information content (AvgIpc) is 2.61. The number of hydrogen-bond donors (Lipinski definition) is 1. The van der Waals surface area contributed by atoms with E-state index in [0.717, 1.165) is 16.9 Å². The van der Waals surface area contributed by atoms with Gasteiger partial charge in [0.2, 0.25) is 5.91 Å². The molecule has 1 atom stereocenters. The van der Waals surface area contributed by atoms with E-state index in [1.54, 1.807) is 12.1 Å². The average molecular weight is 322 g/mol. The molecule has 0 aromatic heterocycles. The number of rotatable bonds is 7. The van der Waals surface area contributed by atoms with Crippen molar-refractivity contribution in [1.82, 2.24) is 5.32 Å². The van der Waals surface area contributed by atoms with Gasteiger partial charge in [0.05, 0.1) is 24.3 Å². The monoisotopic (exact) mass is 322 g/mol. The zero-order valence-electron chi connectivity index (χ0n) is 14.1. The molecule has 0 bridgehead atoms. The van der Waals surface area contributed by atoms with Gasteiger partial charge >= 0.3 is 0 Å². The Labute approximate surface area is 143 Å². The SMILES string of the molecule is CCOc1ccc(C(C)NC(=O)CCc2ccc(C#N)cc2)cc1. The van der Waals surface area contributed by atoms with Gasteiger partial charge < -0.3 is 10.1 Å².